The van der Waals surface area contributed by atoms with E-state index in [1.165, 1.54) is 24.3 Å². The molecular weight excluding hydrogens is 395 g/mol. The lowest BCUT2D eigenvalue weighted by Gasteiger charge is -2.19. The summed E-state index contributed by atoms with van der Waals surface area (Å²) in [4.78, 5) is 25.1. The van der Waals surface area contributed by atoms with E-state index in [4.69, 9.17) is 4.74 Å². The number of ketones is 1. The molecule has 0 radical (unpaired) electrons. The zero-order chi connectivity index (χ0) is 22.1. The fraction of sp³-hybridized carbons (Fsp3) is 0.217. The molecule has 0 unspecified atom stereocenters. The number of hydrogen-bond acceptors (Lipinski definition) is 3. The van der Waals surface area contributed by atoms with Crippen LogP contribution in [0, 0.1) is 0 Å². The van der Waals surface area contributed by atoms with E-state index in [-0.39, 0.29) is 16.6 Å². The van der Waals surface area contributed by atoms with Crippen molar-refractivity contribution in [1.29, 1.82) is 0 Å². The van der Waals surface area contributed by atoms with E-state index in [1.54, 1.807) is 51.1 Å². The largest absolute Gasteiger partial charge is 0.456 e. The Bertz CT molecular complexity index is 1120. The molecule has 0 atom stereocenters. The maximum atomic E-state index is 13.9. The third kappa shape index (κ3) is 4.62. The molecule has 0 saturated carbocycles. The van der Waals surface area contributed by atoms with E-state index in [9.17, 15) is 22.8 Å². The van der Waals surface area contributed by atoms with Crippen molar-refractivity contribution < 1.29 is 27.5 Å². The number of esters is 1. The lowest BCUT2D eigenvalue weighted by molar-refractivity contribution is -0.0735. The molecule has 0 saturated heterocycles. The minimum atomic E-state index is -4.84. The lowest BCUT2D eigenvalue weighted by atomic mass is 10.1. The van der Waals surface area contributed by atoms with Crippen molar-refractivity contribution in [3.63, 3.8) is 0 Å². The number of benzene rings is 2. The number of carbonyl (C=O) groups is 2. The normalized spacial score (nSPS) is 12.8. The van der Waals surface area contributed by atoms with Crippen LogP contribution in [0.15, 0.2) is 66.9 Å². The Kier molecular flexibility index (Phi) is 5.57. The number of hydrogen-bond donors (Lipinski definition) is 0. The van der Waals surface area contributed by atoms with Crippen LogP contribution in [0.2, 0.25) is 0 Å². The quantitative estimate of drug-likeness (QED) is 0.304. The second-order valence-electron chi connectivity index (χ2n) is 7.69. The number of allylic oxidation sites excluding steroid dienone is 2. The van der Waals surface area contributed by atoms with Crippen molar-refractivity contribution in [2.45, 2.75) is 32.5 Å². The van der Waals surface area contributed by atoms with Crippen LogP contribution in [-0.2, 0) is 4.74 Å². The first-order valence-electron chi connectivity index (χ1n) is 9.19. The summed E-state index contributed by atoms with van der Waals surface area (Å²) in [5, 5.41) is 0.300. The van der Waals surface area contributed by atoms with Crippen LogP contribution in [0.1, 0.15) is 41.5 Å². The summed E-state index contributed by atoms with van der Waals surface area (Å²) in [5.74, 6) is -1.53. The standard InChI is InChI=1S/C23H20F3NO3/c1-22(2,3)30-21(29)17-14-27(18-12-8-7-11-16(17)18)20(23(24,25)26)13-19(28)15-9-5-4-6-10-15/h4-14H,1-3H3/b20-13+. The molecule has 4 nitrogen and oxygen atoms in total. The van der Waals surface area contributed by atoms with Crippen LogP contribution < -0.4 is 0 Å². The number of alkyl halides is 3. The van der Waals surface area contributed by atoms with Gasteiger partial charge >= 0.3 is 12.1 Å². The first-order valence-corrected chi connectivity index (χ1v) is 9.19. The third-order valence-electron chi connectivity index (χ3n) is 4.21. The van der Waals surface area contributed by atoms with Crippen LogP contribution in [0.4, 0.5) is 13.2 Å². The number of aromatic nitrogens is 1. The highest BCUT2D eigenvalue weighted by molar-refractivity contribution is 6.09. The molecule has 0 aliphatic carbocycles. The molecule has 30 heavy (non-hydrogen) atoms. The van der Waals surface area contributed by atoms with Gasteiger partial charge < -0.3 is 9.30 Å². The average molecular weight is 415 g/mol. The summed E-state index contributed by atoms with van der Waals surface area (Å²) in [7, 11) is 0. The topological polar surface area (TPSA) is 48.3 Å². The van der Waals surface area contributed by atoms with Crippen molar-refractivity contribution in [3.8, 4) is 0 Å². The molecule has 0 fully saturated rings. The maximum absolute atomic E-state index is 13.9. The SMILES string of the molecule is CC(C)(C)OC(=O)c1cn(/C(=C/C(=O)c2ccccc2)C(F)(F)F)c2ccccc12. The highest BCUT2D eigenvalue weighted by Gasteiger charge is 2.37. The monoisotopic (exact) mass is 415 g/mol. The van der Waals surface area contributed by atoms with Crippen LogP contribution in [0.5, 0.6) is 0 Å². The second kappa shape index (κ2) is 7.82. The molecular formula is C23H20F3NO3. The maximum Gasteiger partial charge on any atom is 0.431 e. The van der Waals surface area contributed by atoms with Gasteiger partial charge in [0, 0.05) is 23.2 Å². The molecule has 1 aromatic heterocycles. The summed E-state index contributed by atoms with van der Waals surface area (Å²) < 4.78 is 48.0. The molecule has 0 aliphatic rings. The molecule has 2 aromatic carbocycles. The van der Waals surface area contributed by atoms with Gasteiger partial charge in [0.25, 0.3) is 0 Å². The van der Waals surface area contributed by atoms with Crippen LogP contribution in [0.25, 0.3) is 16.6 Å². The second-order valence-corrected chi connectivity index (χ2v) is 7.69. The Balaban J connectivity index is 2.18. The lowest BCUT2D eigenvalue weighted by Crippen LogP contribution is -2.23. The van der Waals surface area contributed by atoms with Gasteiger partial charge in [0.2, 0.25) is 0 Å². The zero-order valence-electron chi connectivity index (χ0n) is 16.7. The Morgan fingerprint density at radius 3 is 2.13 bits per heavy atom. The van der Waals surface area contributed by atoms with Crippen molar-refractivity contribution >= 4 is 28.4 Å². The van der Waals surface area contributed by atoms with Gasteiger partial charge in [0.15, 0.2) is 5.78 Å². The predicted octanol–water partition coefficient (Wildman–Crippen LogP) is 5.88. The number of carbonyl (C=O) groups excluding carboxylic acids is 2. The number of nitrogens with zero attached hydrogens (tertiary/aromatic N) is 1. The smallest absolute Gasteiger partial charge is 0.431 e. The van der Waals surface area contributed by atoms with Crippen LogP contribution in [-0.4, -0.2) is 28.1 Å². The van der Waals surface area contributed by atoms with Crippen molar-refractivity contribution in [3.05, 3.63) is 78.0 Å². The molecule has 3 rings (SSSR count). The number of fused-ring (bicyclic) bond motifs is 1. The van der Waals surface area contributed by atoms with Crippen molar-refractivity contribution in [1.82, 2.24) is 4.57 Å². The highest BCUT2D eigenvalue weighted by atomic mass is 19.4. The molecule has 0 amide bonds. The fourth-order valence-corrected chi connectivity index (χ4v) is 2.97. The molecule has 7 heteroatoms. The van der Waals surface area contributed by atoms with E-state index >= 15 is 0 Å². The first-order chi connectivity index (χ1) is 14.0. The van der Waals surface area contributed by atoms with E-state index < -0.39 is 29.2 Å². The minimum absolute atomic E-state index is 0.0113. The molecule has 0 spiro atoms. The Hall–Kier alpha value is -3.35. The number of para-hydroxylation sites is 1. The summed E-state index contributed by atoms with van der Waals surface area (Å²) >= 11 is 0. The summed E-state index contributed by atoms with van der Waals surface area (Å²) in [6, 6.07) is 13.8. The van der Waals surface area contributed by atoms with E-state index in [0.29, 0.717) is 11.5 Å². The van der Waals surface area contributed by atoms with E-state index in [1.807, 2.05) is 0 Å². The number of rotatable bonds is 4. The Morgan fingerprint density at radius 1 is 0.933 bits per heavy atom. The summed E-state index contributed by atoms with van der Waals surface area (Å²) in [6.45, 7) is 5.01. The Labute approximate surface area is 171 Å². The van der Waals surface area contributed by atoms with Gasteiger partial charge in [-0.05, 0) is 26.8 Å². The number of halogens is 3. The van der Waals surface area contributed by atoms with Gasteiger partial charge in [-0.3, -0.25) is 4.79 Å². The summed E-state index contributed by atoms with van der Waals surface area (Å²) in [5.41, 5.74) is -1.75. The van der Waals surface area contributed by atoms with Gasteiger partial charge in [-0.25, -0.2) is 4.79 Å². The molecule has 3 aromatic rings. The van der Waals surface area contributed by atoms with Crippen LogP contribution in [0.3, 0.4) is 0 Å². The molecule has 156 valence electrons. The average Bonchev–Trinajstić information content (AvgIpc) is 3.04. The molecule has 0 bridgehead atoms. The fourth-order valence-electron chi connectivity index (χ4n) is 2.97. The Morgan fingerprint density at radius 2 is 1.53 bits per heavy atom. The van der Waals surface area contributed by atoms with E-state index in [0.717, 1.165) is 10.8 Å². The molecule has 1 heterocycles. The van der Waals surface area contributed by atoms with Gasteiger partial charge in [-0.1, -0.05) is 48.5 Å². The van der Waals surface area contributed by atoms with Gasteiger partial charge in [0.05, 0.1) is 11.1 Å². The van der Waals surface area contributed by atoms with Crippen LogP contribution >= 0.6 is 0 Å². The van der Waals surface area contributed by atoms with Gasteiger partial charge in [-0.2, -0.15) is 13.2 Å². The number of ether oxygens (including phenoxy) is 1. The summed E-state index contributed by atoms with van der Waals surface area (Å²) in [6.07, 6.45) is -3.23. The van der Waals surface area contributed by atoms with Gasteiger partial charge in [-0.15, -0.1) is 0 Å². The van der Waals surface area contributed by atoms with Gasteiger partial charge in [0.1, 0.15) is 11.3 Å². The van der Waals surface area contributed by atoms with Crippen molar-refractivity contribution in [2.75, 3.05) is 0 Å². The molecule has 0 aliphatic heterocycles. The third-order valence-corrected chi connectivity index (χ3v) is 4.21. The predicted molar refractivity (Wildman–Crippen MR) is 108 cm³/mol. The first kappa shape index (κ1) is 21.4. The molecule has 0 N–H and O–H groups in total. The minimum Gasteiger partial charge on any atom is -0.456 e. The van der Waals surface area contributed by atoms with E-state index in [2.05, 4.69) is 0 Å². The zero-order valence-corrected chi connectivity index (χ0v) is 16.7. The van der Waals surface area contributed by atoms with Crippen molar-refractivity contribution in [2.24, 2.45) is 0 Å². The highest BCUT2D eigenvalue weighted by Crippen LogP contribution is 2.35.